The maximum Gasteiger partial charge on any atom is 0.337 e. The standard InChI is InChI=1S/C10H6Cl2N2O2/c1-16-9(15)5-2-3-6-7(4-5)13-10(12)14-8(6)11/h2-4H,1H3. The minimum Gasteiger partial charge on any atom is -0.465 e. The molecule has 1 aromatic heterocycles. The molecular weight excluding hydrogens is 251 g/mol. The van der Waals surface area contributed by atoms with Crippen LogP contribution in [0.25, 0.3) is 10.9 Å². The highest BCUT2D eigenvalue weighted by Gasteiger charge is 2.09. The first kappa shape index (κ1) is 11.1. The fourth-order valence-corrected chi connectivity index (χ4v) is 1.77. The lowest BCUT2D eigenvalue weighted by Gasteiger charge is -2.02. The molecule has 0 aliphatic carbocycles. The van der Waals surface area contributed by atoms with Crippen molar-refractivity contribution in [2.75, 3.05) is 7.11 Å². The predicted molar refractivity (Wildman–Crippen MR) is 60.9 cm³/mol. The average molecular weight is 257 g/mol. The zero-order valence-electron chi connectivity index (χ0n) is 8.20. The summed E-state index contributed by atoms with van der Waals surface area (Å²) in [7, 11) is 1.31. The Morgan fingerprint density at radius 3 is 2.75 bits per heavy atom. The molecule has 0 radical (unpaired) electrons. The fraction of sp³-hybridized carbons (Fsp3) is 0.100. The first-order valence-corrected chi connectivity index (χ1v) is 5.08. The van der Waals surface area contributed by atoms with Crippen molar-refractivity contribution in [3.63, 3.8) is 0 Å². The number of fused-ring (bicyclic) bond motifs is 1. The SMILES string of the molecule is COC(=O)c1ccc2c(Cl)nc(Cl)nc2c1. The van der Waals surface area contributed by atoms with Crippen LogP contribution in [0.2, 0.25) is 10.4 Å². The molecule has 1 heterocycles. The monoisotopic (exact) mass is 256 g/mol. The molecule has 2 aromatic rings. The van der Waals surface area contributed by atoms with Crippen molar-refractivity contribution in [3.05, 3.63) is 34.2 Å². The van der Waals surface area contributed by atoms with Gasteiger partial charge in [-0.2, -0.15) is 0 Å². The van der Waals surface area contributed by atoms with E-state index in [-0.39, 0.29) is 10.4 Å². The number of methoxy groups -OCH3 is 1. The normalized spacial score (nSPS) is 10.4. The molecule has 0 N–H and O–H groups in total. The van der Waals surface area contributed by atoms with Crippen LogP contribution >= 0.6 is 23.2 Å². The number of ether oxygens (including phenoxy) is 1. The molecule has 0 amide bonds. The zero-order chi connectivity index (χ0) is 11.7. The van der Waals surface area contributed by atoms with Crippen LogP contribution in [0.4, 0.5) is 0 Å². The van der Waals surface area contributed by atoms with Gasteiger partial charge < -0.3 is 4.74 Å². The number of halogens is 2. The third-order valence-electron chi connectivity index (χ3n) is 2.04. The van der Waals surface area contributed by atoms with Crippen molar-refractivity contribution in [3.8, 4) is 0 Å². The topological polar surface area (TPSA) is 52.1 Å². The molecule has 6 heteroatoms. The Kier molecular flexibility index (Phi) is 2.94. The van der Waals surface area contributed by atoms with E-state index in [1.807, 2.05) is 0 Å². The number of hydrogen-bond acceptors (Lipinski definition) is 4. The molecule has 4 nitrogen and oxygen atoms in total. The second-order valence-electron chi connectivity index (χ2n) is 3.01. The average Bonchev–Trinajstić information content (AvgIpc) is 2.27. The number of benzene rings is 1. The van der Waals surface area contributed by atoms with Crippen LogP contribution < -0.4 is 0 Å². The lowest BCUT2D eigenvalue weighted by atomic mass is 10.1. The second kappa shape index (κ2) is 4.23. The van der Waals surface area contributed by atoms with Crippen molar-refractivity contribution in [2.45, 2.75) is 0 Å². The van der Waals surface area contributed by atoms with Crippen molar-refractivity contribution in [1.29, 1.82) is 0 Å². The number of nitrogens with zero attached hydrogens (tertiary/aromatic N) is 2. The molecule has 82 valence electrons. The number of carbonyl (C=O) groups excluding carboxylic acids is 1. The summed E-state index contributed by atoms with van der Waals surface area (Å²) in [6, 6.07) is 4.80. The molecule has 2 rings (SSSR count). The smallest absolute Gasteiger partial charge is 0.337 e. The van der Waals surface area contributed by atoms with Crippen molar-refractivity contribution in [1.82, 2.24) is 9.97 Å². The molecule has 0 spiro atoms. The van der Waals surface area contributed by atoms with Gasteiger partial charge in [0.15, 0.2) is 0 Å². The van der Waals surface area contributed by atoms with Crippen molar-refractivity contribution in [2.24, 2.45) is 0 Å². The van der Waals surface area contributed by atoms with E-state index in [0.29, 0.717) is 16.5 Å². The van der Waals surface area contributed by atoms with Gasteiger partial charge in [-0.3, -0.25) is 0 Å². The Hall–Kier alpha value is -1.39. The summed E-state index contributed by atoms with van der Waals surface area (Å²) < 4.78 is 4.60. The van der Waals surface area contributed by atoms with Crippen LogP contribution in [0.3, 0.4) is 0 Å². The minimum absolute atomic E-state index is 0.0412. The molecule has 0 atom stereocenters. The van der Waals surface area contributed by atoms with Crippen LogP contribution in [0.15, 0.2) is 18.2 Å². The Labute approximate surface area is 101 Å². The molecule has 0 unspecified atom stereocenters. The molecule has 0 bridgehead atoms. The van der Waals surface area contributed by atoms with E-state index < -0.39 is 5.97 Å². The summed E-state index contributed by atoms with van der Waals surface area (Å²) in [4.78, 5) is 19.1. The van der Waals surface area contributed by atoms with E-state index >= 15 is 0 Å². The van der Waals surface area contributed by atoms with Gasteiger partial charge in [0.1, 0.15) is 5.15 Å². The third kappa shape index (κ3) is 1.94. The number of rotatable bonds is 1. The Bertz CT molecular complexity index is 572. The maximum atomic E-state index is 11.3. The van der Waals surface area contributed by atoms with Gasteiger partial charge in [-0.05, 0) is 29.8 Å². The number of hydrogen-bond donors (Lipinski definition) is 0. The van der Waals surface area contributed by atoms with Gasteiger partial charge in [0.2, 0.25) is 5.28 Å². The van der Waals surface area contributed by atoms with Crippen molar-refractivity contribution < 1.29 is 9.53 Å². The summed E-state index contributed by atoms with van der Waals surface area (Å²) >= 11 is 11.5. The van der Waals surface area contributed by atoms with E-state index in [2.05, 4.69) is 14.7 Å². The molecule has 1 aromatic carbocycles. The van der Waals surface area contributed by atoms with E-state index in [1.165, 1.54) is 7.11 Å². The Morgan fingerprint density at radius 2 is 2.06 bits per heavy atom. The van der Waals surface area contributed by atoms with Gasteiger partial charge in [-0.25, -0.2) is 14.8 Å². The highest BCUT2D eigenvalue weighted by atomic mass is 35.5. The quantitative estimate of drug-likeness (QED) is 0.447. The van der Waals surface area contributed by atoms with E-state index in [1.54, 1.807) is 18.2 Å². The maximum absolute atomic E-state index is 11.3. The number of aromatic nitrogens is 2. The molecule has 0 saturated heterocycles. The Balaban J connectivity index is 2.66. The molecule has 0 aliphatic rings. The first-order valence-electron chi connectivity index (χ1n) is 4.33. The van der Waals surface area contributed by atoms with E-state index in [9.17, 15) is 4.79 Å². The highest BCUT2D eigenvalue weighted by molar-refractivity contribution is 6.35. The van der Waals surface area contributed by atoms with Crippen LogP contribution in [-0.4, -0.2) is 23.0 Å². The predicted octanol–water partition coefficient (Wildman–Crippen LogP) is 2.72. The molecule has 0 fully saturated rings. The van der Waals surface area contributed by atoms with Crippen LogP contribution in [0.5, 0.6) is 0 Å². The van der Waals surface area contributed by atoms with Gasteiger partial charge in [-0.15, -0.1) is 0 Å². The lowest BCUT2D eigenvalue weighted by Crippen LogP contribution is -2.01. The fourth-order valence-electron chi connectivity index (χ4n) is 1.31. The summed E-state index contributed by atoms with van der Waals surface area (Å²) in [5.74, 6) is -0.437. The summed E-state index contributed by atoms with van der Waals surface area (Å²) in [6.07, 6.45) is 0. The summed E-state index contributed by atoms with van der Waals surface area (Å²) in [5, 5.41) is 0.935. The van der Waals surface area contributed by atoms with Gasteiger partial charge in [0.25, 0.3) is 0 Å². The summed E-state index contributed by atoms with van der Waals surface area (Å²) in [5.41, 5.74) is 0.897. The van der Waals surface area contributed by atoms with Gasteiger partial charge in [-0.1, -0.05) is 11.6 Å². The summed E-state index contributed by atoms with van der Waals surface area (Å²) in [6.45, 7) is 0. The highest BCUT2D eigenvalue weighted by Crippen LogP contribution is 2.23. The minimum atomic E-state index is -0.437. The number of esters is 1. The van der Waals surface area contributed by atoms with E-state index in [0.717, 1.165) is 0 Å². The van der Waals surface area contributed by atoms with Crippen LogP contribution in [0.1, 0.15) is 10.4 Å². The van der Waals surface area contributed by atoms with Gasteiger partial charge in [0, 0.05) is 5.39 Å². The number of carbonyl (C=O) groups is 1. The molecule has 0 aliphatic heterocycles. The molecular formula is C10H6Cl2N2O2. The second-order valence-corrected chi connectivity index (χ2v) is 3.70. The molecule has 16 heavy (non-hydrogen) atoms. The van der Waals surface area contributed by atoms with E-state index in [4.69, 9.17) is 23.2 Å². The zero-order valence-corrected chi connectivity index (χ0v) is 9.71. The van der Waals surface area contributed by atoms with Crippen molar-refractivity contribution >= 4 is 40.1 Å². The van der Waals surface area contributed by atoms with Gasteiger partial charge >= 0.3 is 5.97 Å². The molecule has 0 saturated carbocycles. The largest absolute Gasteiger partial charge is 0.465 e. The van der Waals surface area contributed by atoms with Gasteiger partial charge in [0.05, 0.1) is 18.2 Å². The third-order valence-corrected chi connectivity index (χ3v) is 2.50. The lowest BCUT2D eigenvalue weighted by molar-refractivity contribution is 0.0601. The van der Waals surface area contributed by atoms with Crippen LogP contribution in [-0.2, 0) is 4.74 Å². The van der Waals surface area contributed by atoms with Crippen LogP contribution in [0, 0.1) is 0 Å². The first-order chi connectivity index (χ1) is 7.61. The Morgan fingerprint density at radius 1 is 1.31 bits per heavy atom.